The summed E-state index contributed by atoms with van der Waals surface area (Å²) in [7, 11) is 0. The molecule has 1 rings (SSSR count). The second-order valence-corrected chi connectivity index (χ2v) is 6.50. The molecule has 1 aliphatic heterocycles. The quantitative estimate of drug-likeness (QED) is 0.377. The number of nitrogens with zero attached hydrogens (tertiary/aromatic N) is 1. The molecule has 22 heavy (non-hydrogen) atoms. The van der Waals surface area contributed by atoms with Crippen molar-refractivity contribution in [2.75, 3.05) is 0 Å². The number of unbranched alkanes of at least 4 members (excludes halogenated alkanes) is 8. The fourth-order valence-electron chi connectivity index (χ4n) is 2.96. The number of rotatable bonds is 13. The van der Waals surface area contributed by atoms with Gasteiger partial charge in [-0.3, -0.25) is 0 Å². The van der Waals surface area contributed by atoms with Crippen LogP contribution in [0.15, 0.2) is 24.6 Å². The van der Waals surface area contributed by atoms with Crippen molar-refractivity contribution >= 4 is 0 Å². The van der Waals surface area contributed by atoms with Gasteiger partial charge in [-0.2, -0.15) is 0 Å². The van der Waals surface area contributed by atoms with E-state index >= 15 is 0 Å². The van der Waals surface area contributed by atoms with Crippen LogP contribution in [-0.4, -0.2) is 17.2 Å². The normalized spacial score (nSPS) is 19.0. The van der Waals surface area contributed by atoms with Crippen LogP contribution in [0.5, 0.6) is 0 Å². The number of nitrogens with one attached hydrogen (secondary N) is 1. The predicted molar refractivity (Wildman–Crippen MR) is 97.2 cm³/mol. The molecule has 3 nitrogen and oxygen atoms in total. The molecule has 3 N–H and O–H groups in total. The highest BCUT2D eigenvalue weighted by molar-refractivity contribution is 4.95. The smallest absolute Gasteiger partial charge is 0.0995 e. The molecule has 0 bridgehead atoms. The number of allylic oxidation sites excluding steroid dienone is 2. The molecular weight excluding hydrogens is 270 g/mol. The summed E-state index contributed by atoms with van der Waals surface area (Å²) in [5.41, 5.74) is 5.95. The minimum Gasteiger partial charge on any atom is -0.370 e. The number of hydrogen-bond donors (Lipinski definition) is 2. The Balaban J connectivity index is 1.90. The van der Waals surface area contributed by atoms with Crippen molar-refractivity contribution in [1.29, 1.82) is 0 Å². The first-order valence-corrected chi connectivity index (χ1v) is 9.36. The molecule has 2 atom stereocenters. The third-order valence-electron chi connectivity index (χ3n) is 4.35. The zero-order chi connectivity index (χ0) is 16.0. The lowest BCUT2D eigenvalue weighted by Crippen LogP contribution is -2.44. The molecule has 0 aliphatic carbocycles. The van der Waals surface area contributed by atoms with Crippen LogP contribution < -0.4 is 11.1 Å². The highest BCUT2D eigenvalue weighted by Crippen LogP contribution is 2.14. The summed E-state index contributed by atoms with van der Waals surface area (Å²) in [6, 6.07) is 0. The van der Waals surface area contributed by atoms with Gasteiger partial charge in [0.1, 0.15) is 0 Å². The van der Waals surface area contributed by atoms with Gasteiger partial charge in [-0.1, -0.05) is 51.2 Å². The third-order valence-corrected chi connectivity index (χ3v) is 4.35. The van der Waals surface area contributed by atoms with Crippen LogP contribution in [-0.2, 0) is 0 Å². The Bertz CT molecular complexity index is 310. The summed E-state index contributed by atoms with van der Waals surface area (Å²) in [5, 5.41) is 3.38. The van der Waals surface area contributed by atoms with E-state index in [0.717, 1.165) is 0 Å². The Morgan fingerprint density at radius 3 is 2.36 bits per heavy atom. The van der Waals surface area contributed by atoms with Gasteiger partial charge in [0, 0.05) is 12.4 Å². The SMILES string of the molecule is CCCCCCCC/C=C/CCCCC1NC=CN1C(C)N. The Morgan fingerprint density at radius 2 is 1.68 bits per heavy atom. The van der Waals surface area contributed by atoms with E-state index in [1.807, 2.05) is 13.1 Å². The first-order valence-electron chi connectivity index (χ1n) is 9.36. The lowest BCUT2D eigenvalue weighted by Gasteiger charge is -2.28. The molecule has 0 spiro atoms. The molecule has 0 aromatic heterocycles. The first-order chi connectivity index (χ1) is 10.8. The number of nitrogens with two attached hydrogens (primary N) is 1. The Kier molecular flexibility index (Phi) is 10.9. The highest BCUT2D eigenvalue weighted by atomic mass is 15.3. The van der Waals surface area contributed by atoms with Crippen LogP contribution in [0.2, 0.25) is 0 Å². The Morgan fingerprint density at radius 1 is 1.05 bits per heavy atom. The molecule has 0 saturated heterocycles. The van der Waals surface area contributed by atoms with Gasteiger partial charge in [0.2, 0.25) is 0 Å². The fraction of sp³-hybridized carbons (Fsp3) is 0.789. The van der Waals surface area contributed by atoms with Crippen LogP contribution in [0.3, 0.4) is 0 Å². The zero-order valence-corrected chi connectivity index (χ0v) is 14.8. The predicted octanol–water partition coefficient (Wildman–Crippen LogP) is 4.86. The minimum atomic E-state index is 0.0912. The maximum absolute atomic E-state index is 5.95. The molecule has 0 saturated carbocycles. The van der Waals surface area contributed by atoms with Gasteiger partial charge in [-0.05, 0) is 45.4 Å². The molecule has 1 heterocycles. The average molecular weight is 308 g/mol. The van der Waals surface area contributed by atoms with Crippen LogP contribution >= 0.6 is 0 Å². The van der Waals surface area contributed by atoms with E-state index in [0.29, 0.717) is 6.17 Å². The largest absolute Gasteiger partial charge is 0.370 e. The van der Waals surface area contributed by atoms with Crippen LogP contribution in [0, 0.1) is 0 Å². The summed E-state index contributed by atoms with van der Waals surface area (Å²) in [6.45, 7) is 4.31. The van der Waals surface area contributed by atoms with Crippen molar-refractivity contribution in [3.05, 3.63) is 24.6 Å². The van der Waals surface area contributed by atoms with E-state index < -0.39 is 0 Å². The Hall–Kier alpha value is -0.960. The molecule has 3 heteroatoms. The lowest BCUT2D eigenvalue weighted by molar-refractivity contribution is 0.208. The fourth-order valence-corrected chi connectivity index (χ4v) is 2.96. The zero-order valence-electron chi connectivity index (χ0n) is 14.8. The molecular formula is C19H37N3. The molecule has 128 valence electrons. The summed E-state index contributed by atoms with van der Waals surface area (Å²) in [5.74, 6) is 0. The van der Waals surface area contributed by atoms with Gasteiger partial charge in [-0.15, -0.1) is 0 Å². The van der Waals surface area contributed by atoms with Crippen LogP contribution in [0.4, 0.5) is 0 Å². The third kappa shape index (κ3) is 8.47. The van der Waals surface area contributed by atoms with Gasteiger partial charge in [0.15, 0.2) is 0 Å². The van der Waals surface area contributed by atoms with Crippen LogP contribution in [0.1, 0.15) is 84.5 Å². The Labute approximate surface area is 138 Å². The van der Waals surface area contributed by atoms with Crippen molar-refractivity contribution in [3.63, 3.8) is 0 Å². The maximum Gasteiger partial charge on any atom is 0.0995 e. The van der Waals surface area contributed by atoms with Crippen molar-refractivity contribution in [3.8, 4) is 0 Å². The molecule has 0 aromatic carbocycles. The average Bonchev–Trinajstić information content (AvgIpc) is 2.97. The van der Waals surface area contributed by atoms with E-state index in [-0.39, 0.29) is 6.17 Å². The van der Waals surface area contributed by atoms with E-state index in [1.165, 1.54) is 70.6 Å². The van der Waals surface area contributed by atoms with Crippen molar-refractivity contribution < 1.29 is 0 Å². The van der Waals surface area contributed by atoms with E-state index in [2.05, 4.69) is 35.5 Å². The van der Waals surface area contributed by atoms with Gasteiger partial charge in [-0.25, -0.2) is 0 Å². The first kappa shape index (κ1) is 19.1. The van der Waals surface area contributed by atoms with Gasteiger partial charge in [0.05, 0.1) is 12.3 Å². The topological polar surface area (TPSA) is 41.3 Å². The standard InChI is InChI=1S/C19H37N3/c1-3-4-5-6-7-8-9-10-11-12-13-14-15-19-21-16-17-22(19)18(2)20/h10-11,16-19,21H,3-9,12-15,20H2,1-2H3/b11-10+. The lowest BCUT2D eigenvalue weighted by atomic mass is 10.1. The second-order valence-electron chi connectivity index (χ2n) is 6.50. The maximum atomic E-state index is 5.95. The van der Waals surface area contributed by atoms with Crippen molar-refractivity contribution in [1.82, 2.24) is 10.2 Å². The second kappa shape index (κ2) is 12.6. The van der Waals surface area contributed by atoms with Gasteiger partial charge in [0.25, 0.3) is 0 Å². The summed E-state index contributed by atoms with van der Waals surface area (Å²) in [4.78, 5) is 2.20. The molecule has 0 aromatic rings. The molecule has 0 fully saturated rings. The molecule has 0 amide bonds. The monoisotopic (exact) mass is 307 g/mol. The summed E-state index contributed by atoms with van der Waals surface area (Å²) < 4.78 is 0. The summed E-state index contributed by atoms with van der Waals surface area (Å²) >= 11 is 0. The van der Waals surface area contributed by atoms with E-state index in [9.17, 15) is 0 Å². The minimum absolute atomic E-state index is 0.0912. The molecule has 0 radical (unpaired) electrons. The molecule has 1 aliphatic rings. The van der Waals surface area contributed by atoms with Gasteiger partial charge < -0.3 is 16.0 Å². The van der Waals surface area contributed by atoms with Crippen molar-refractivity contribution in [2.24, 2.45) is 5.73 Å². The number of hydrogen-bond acceptors (Lipinski definition) is 3. The van der Waals surface area contributed by atoms with Crippen molar-refractivity contribution in [2.45, 2.75) is 96.8 Å². The van der Waals surface area contributed by atoms with Crippen LogP contribution in [0.25, 0.3) is 0 Å². The highest BCUT2D eigenvalue weighted by Gasteiger charge is 2.20. The van der Waals surface area contributed by atoms with Gasteiger partial charge >= 0.3 is 0 Å². The molecule has 2 unspecified atom stereocenters. The summed E-state index contributed by atoms with van der Waals surface area (Å²) in [6.07, 6.45) is 23.8. The van der Waals surface area contributed by atoms with E-state index in [1.54, 1.807) is 0 Å². The van der Waals surface area contributed by atoms with E-state index in [4.69, 9.17) is 5.73 Å².